The first-order chi connectivity index (χ1) is 11.6. The highest BCUT2D eigenvalue weighted by Crippen LogP contribution is 2.19. The third-order valence-electron chi connectivity index (χ3n) is 4.28. The zero-order valence-electron chi connectivity index (χ0n) is 14.6. The van der Waals surface area contributed by atoms with Crippen LogP contribution in [0.15, 0.2) is 30.7 Å². The van der Waals surface area contributed by atoms with Crippen molar-refractivity contribution in [2.24, 2.45) is 0 Å². The van der Waals surface area contributed by atoms with Crippen LogP contribution in [0.4, 0.5) is 11.6 Å². The SMILES string of the molecule is Cc1cc(N2CCO[C@@H](CCc3ccnc(N(C)C)c3)C2)ncn1. The molecule has 0 unspecified atom stereocenters. The standard InChI is InChI=1S/C18H25N5O/c1-14-10-18(21-13-20-14)23-8-9-24-16(12-23)5-4-15-6-7-19-17(11-15)22(2)3/h6-7,10-11,13,16H,4-5,8-9,12H2,1-3H3/t16-/m0/s1. The molecule has 1 aliphatic heterocycles. The maximum Gasteiger partial charge on any atom is 0.132 e. The molecule has 1 atom stereocenters. The maximum atomic E-state index is 5.95. The lowest BCUT2D eigenvalue weighted by atomic mass is 10.1. The number of rotatable bonds is 5. The number of pyridine rings is 1. The lowest BCUT2D eigenvalue weighted by molar-refractivity contribution is 0.0352. The van der Waals surface area contributed by atoms with Gasteiger partial charge in [0, 0.05) is 45.1 Å². The lowest BCUT2D eigenvalue weighted by Crippen LogP contribution is -2.43. The molecule has 1 aliphatic rings. The Kier molecular flexibility index (Phi) is 5.25. The van der Waals surface area contributed by atoms with E-state index in [9.17, 15) is 0 Å². The van der Waals surface area contributed by atoms with Gasteiger partial charge in [0.25, 0.3) is 0 Å². The fourth-order valence-corrected chi connectivity index (χ4v) is 2.90. The Bertz CT molecular complexity index is 676. The summed E-state index contributed by atoms with van der Waals surface area (Å²) in [5, 5.41) is 0. The second-order valence-electron chi connectivity index (χ2n) is 6.41. The number of morpholine rings is 1. The number of anilines is 2. The van der Waals surface area contributed by atoms with Crippen LogP contribution in [0.3, 0.4) is 0 Å². The summed E-state index contributed by atoms with van der Waals surface area (Å²) in [5.74, 6) is 1.99. The van der Waals surface area contributed by atoms with Crippen molar-refractivity contribution in [3.05, 3.63) is 42.0 Å². The van der Waals surface area contributed by atoms with Gasteiger partial charge in [-0.3, -0.25) is 0 Å². The first-order valence-electron chi connectivity index (χ1n) is 8.39. The van der Waals surface area contributed by atoms with Crippen molar-refractivity contribution in [2.75, 3.05) is 43.6 Å². The van der Waals surface area contributed by atoms with Crippen LogP contribution in [0, 0.1) is 6.92 Å². The summed E-state index contributed by atoms with van der Waals surface area (Å²) in [6, 6.07) is 6.27. The van der Waals surface area contributed by atoms with E-state index in [0.29, 0.717) is 0 Å². The highest BCUT2D eigenvalue weighted by molar-refractivity contribution is 5.40. The molecule has 6 heteroatoms. The molecule has 1 saturated heterocycles. The van der Waals surface area contributed by atoms with E-state index < -0.39 is 0 Å². The molecule has 0 radical (unpaired) electrons. The maximum absolute atomic E-state index is 5.95. The van der Waals surface area contributed by atoms with Crippen LogP contribution in [-0.2, 0) is 11.2 Å². The number of hydrogen-bond acceptors (Lipinski definition) is 6. The van der Waals surface area contributed by atoms with E-state index in [-0.39, 0.29) is 6.10 Å². The Morgan fingerprint density at radius 3 is 2.92 bits per heavy atom. The summed E-state index contributed by atoms with van der Waals surface area (Å²) < 4.78 is 5.95. The molecule has 128 valence electrons. The molecule has 1 fully saturated rings. The summed E-state index contributed by atoms with van der Waals surface area (Å²) in [6.07, 6.45) is 5.73. The molecule has 24 heavy (non-hydrogen) atoms. The molecule has 0 bridgehead atoms. The number of aromatic nitrogens is 3. The minimum atomic E-state index is 0.227. The quantitative estimate of drug-likeness (QED) is 0.838. The number of hydrogen-bond donors (Lipinski definition) is 0. The van der Waals surface area contributed by atoms with Crippen LogP contribution >= 0.6 is 0 Å². The molecule has 0 amide bonds. The molecule has 6 nitrogen and oxygen atoms in total. The zero-order chi connectivity index (χ0) is 16.9. The van der Waals surface area contributed by atoms with Gasteiger partial charge in [0.05, 0.1) is 12.7 Å². The highest BCUT2D eigenvalue weighted by atomic mass is 16.5. The fourth-order valence-electron chi connectivity index (χ4n) is 2.90. The average molecular weight is 327 g/mol. The Labute approximate surface area is 143 Å². The van der Waals surface area contributed by atoms with Gasteiger partial charge >= 0.3 is 0 Å². The molecule has 0 N–H and O–H groups in total. The van der Waals surface area contributed by atoms with Gasteiger partial charge in [-0.15, -0.1) is 0 Å². The Morgan fingerprint density at radius 2 is 2.12 bits per heavy atom. The van der Waals surface area contributed by atoms with Gasteiger partial charge in [-0.05, 0) is 37.5 Å². The predicted octanol–water partition coefficient (Wildman–Crippen LogP) is 2.08. The smallest absolute Gasteiger partial charge is 0.132 e. The van der Waals surface area contributed by atoms with Gasteiger partial charge < -0.3 is 14.5 Å². The van der Waals surface area contributed by atoms with Gasteiger partial charge in [0.15, 0.2) is 0 Å². The van der Waals surface area contributed by atoms with Crippen LogP contribution < -0.4 is 9.80 Å². The summed E-state index contributed by atoms with van der Waals surface area (Å²) in [6.45, 7) is 4.50. The lowest BCUT2D eigenvalue weighted by Gasteiger charge is -2.33. The third-order valence-corrected chi connectivity index (χ3v) is 4.28. The van der Waals surface area contributed by atoms with Crippen LogP contribution in [0.25, 0.3) is 0 Å². The normalized spacial score (nSPS) is 17.8. The van der Waals surface area contributed by atoms with E-state index in [1.165, 1.54) is 5.56 Å². The molecular weight excluding hydrogens is 302 g/mol. The van der Waals surface area contributed by atoms with E-state index in [1.54, 1.807) is 6.33 Å². The van der Waals surface area contributed by atoms with Crippen molar-refractivity contribution in [3.8, 4) is 0 Å². The highest BCUT2D eigenvalue weighted by Gasteiger charge is 2.21. The van der Waals surface area contributed by atoms with Crippen molar-refractivity contribution >= 4 is 11.6 Å². The van der Waals surface area contributed by atoms with E-state index in [1.807, 2.05) is 38.2 Å². The van der Waals surface area contributed by atoms with Gasteiger partial charge in [-0.2, -0.15) is 0 Å². The summed E-state index contributed by atoms with van der Waals surface area (Å²) in [7, 11) is 4.02. The minimum Gasteiger partial charge on any atom is -0.375 e. The molecule has 0 saturated carbocycles. The van der Waals surface area contributed by atoms with Crippen molar-refractivity contribution in [2.45, 2.75) is 25.9 Å². The molecule has 3 heterocycles. The van der Waals surface area contributed by atoms with Crippen LogP contribution in [0.2, 0.25) is 0 Å². The van der Waals surface area contributed by atoms with Crippen LogP contribution in [0.5, 0.6) is 0 Å². The number of ether oxygens (including phenoxy) is 1. The summed E-state index contributed by atoms with van der Waals surface area (Å²) in [5.41, 5.74) is 2.29. The first kappa shape index (κ1) is 16.6. The second-order valence-corrected chi connectivity index (χ2v) is 6.41. The molecule has 2 aromatic heterocycles. The minimum absolute atomic E-state index is 0.227. The van der Waals surface area contributed by atoms with Crippen molar-refractivity contribution in [3.63, 3.8) is 0 Å². The average Bonchev–Trinajstić information content (AvgIpc) is 2.60. The van der Waals surface area contributed by atoms with Crippen molar-refractivity contribution < 1.29 is 4.74 Å². The van der Waals surface area contributed by atoms with Gasteiger partial charge in [-0.25, -0.2) is 15.0 Å². The van der Waals surface area contributed by atoms with Gasteiger partial charge in [0.2, 0.25) is 0 Å². The number of nitrogens with zero attached hydrogens (tertiary/aromatic N) is 5. The van der Waals surface area contributed by atoms with E-state index in [2.05, 4.69) is 32.0 Å². The molecule has 0 aromatic carbocycles. The first-order valence-corrected chi connectivity index (χ1v) is 8.39. The van der Waals surface area contributed by atoms with E-state index >= 15 is 0 Å². The summed E-state index contributed by atoms with van der Waals surface area (Å²) >= 11 is 0. The largest absolute Gasteiger partial charge is 0.375 e. The second kappa shape index (κ2) is 7.57. The zero-order valence-corrected chi connectivity index (χ0v) is 14.6. The van der Waals surface area contributed by atoms with Gasteiger partial charge in [-0.1, -0.05) is 0 Å². The Balaban J connectivity index is 1.59. The van der Waals surface area contributed by atoms with Crippen molar-refractivity contribution in [1.82, 2.24) is 15.0 Å². The fraction of sp³-hybridized carbons (Fsp3) is 0.500. The van der Waals surface area contributed by atoms with Gasteiger partial charge in [0.1, 0.15) is 18.0 Å². The van der Waals surface area contributed by atoms with Crippen LogP contribution in [0.1, 0.15) is 17.7 Å². The van der Waals surface area contributed by atoms with E-state index in [4.69, 9.17) is 4.74 Å². The van der Waals surface area contributed by atoms with Crippen molar-refractivity contribution in [1.29, 1.82) is 0 Å². The predicted molar refractivity (Wildman–Crippen MR) is 95.6 cm³/mol. The molecule has 0 aliphatic carbocycles. The Morgan fingerprint density at radius 1 is 1.25 bits per heavy atom. The molecule has 0 spiro atoms. The third kappa shape index (κ3) is 4.20. The summed E-state index contributed by atoms with van der Waals surface area (Å²) in [4.78, 5) is 17.3. The molecular formula is C18H25N5O. The molecule has 2 aromatic rings. The topological polar surface area (TPSA) is 54.4 Å². The Hall–Kier alpha value is -2.21. The monoisotopic (exact) mass is 327 g/mol. The van der Waals surface area contributed by atoms with E-state index in [0.717, 1.165) is 49.9 Å². The van der Waals surface area contributed by atoms with Crippen LogP contribution in [-0.4, -0.2) is 54.8 Å². The molecule has 3 rings (SSSR count). The number of aryl methyl sites for hydroxylation is 2.